The van der Waals surface area contributed by atoms with Crippen molar-refractivity contribution in [2.45, 2.75) is 26.8 Å². The molecule has 1 rings (SSSR count). The summed E-state index contributed by atoms with van der Waals surface area (Å²) in [5.74, 6) is 0.554. The van der Waals surface area contributed by atoms with Crippen LogP contribution in [0.3, 0.4) is 0 Å². The van der Waals surface area contributed by atoms with Crippen LogP contribution < -0.4 is 5.32 Å². The molecule has 0 amide bonds. The second kappa shape index (κ2) is 6.66. The number of rotatable bonds is 6. The van der Waals surface area contributed by atoms with Crippen LogP contribution in [0.4, 0.5) is 0 Å². The first-order valence-electron chi connectivity index (χ1n) is 5.92. The zero-order valence-corrected chi connectivity index (χ0v) is 10.8. The van der Waals surface area contributed by atoms with Gasteiger partial charge in [0.1, 0.15) is 0 Å². The third-order valence-electron chi connectivity index (χ3n) is 2.80. The number of benzene rings is 1. The lowest BCUT2D eigenvalue weighted by atomic mass is 10.1. The second-order valence-corrected chi connectivity index (χ2v) is 4.60. The van der Waals surface area contributed by atoms with Crippen molar-refractivity contribution >= 4 is 0 Å². The molecule has 0 aliphatic carbocycles. The van der Waals surface area contributed by atoms with Gasteiger partial charge in [-0.2, -0.15) is 0 Å². The number of hydrogen-bond donors (Lipinski definition) is 1. The fourth-order valence-corrected chi connectivity index (χ4v) is 1.69. The van der Waals surface area contributed by atoms with Gasteiger partial charge in [-0.25, -0.2) is 0 Å². The Labute approximate surface area is 99.0 Å². The van der Waals surface area contributed by atoms with Gasteiger partial charge < -0.3 is 10.1 Å². The lowest BCUT2D eigenvalue weighted by molar-refractivity contribution is 0.157. The van der Waals surface area contributed by atoms with Gasteiger partial charge in [0.25, 0.3) is 0 Å². The van der Waals surface area contributed by atoms with Crippen molar-refractivity contribution in [2.24, 2.45) is 5.92 Å². The largest absolute Gasteiger partial charge is 0.384 e. The maximum atomic E-state index is 5.12. The molecule has 0 aliphatic rings. The van der Waals surface area contributed by atoms with E-state index in [1.807, 2.05) is 0 Å². The first kappa shape index (κ1) is 13.2. The van der Waals surface area contributed by atoms with E-state index < -0.39 is 0 Å². The highest BCUT2D eigenvalue weighted by Gasteiger charge is 2.06. The second-order valence-electron chi connectivity index (χ2n) is 4.60. The molecule has 1 unspecified atom stereocenters. The fourth-order valence-electron chi connectivity index (χ4n) is 1.69. The van der Waals surface area contributed by atoms with E-state index in [9.17, 15) is 0 Å². The first-order valence-corrected chi connectivity index (χ1v) is 5.92. The summed E-state index contributed by atoms with van der Waals surface area (Å²) in [7, 11) is 1.75. The molecule has 0 saturated heterocycles. The Bertz CT molecular complexity index is 294. The zero-order chi connectivity index (χ0) is 12.0. The number of ether oxygens (including phenoxy) is 1. The van der Waals surface area contributed by atoms with Crippen molar-refractivity contribution in [2.75, 3.05) is 20.3 Å². The molecule has 1 aromatic carbocycles. The molecule has 0 saturated carbocycles. The number of aryl methyl sites for hydroxylation is 1. The highest BCUT2D eigenvalue weighted by molar-refractivity contribution is 5.23. The molecule has 0 fully saturated rings. The minimum atomic E-state index is 0.403. The Morgan fingerprint density at radius 3 is 2.38 bits per heavy atom. The average molecular weight is 221 g/mol. The summed E-state index contributed by atoms with van der Waals surface area (Å²) in [4.78, 5) is 0. The minimum Gasteiger partial charge on any atom is -0.384 e. The summed E-state index contributed by atoms with van der Waals surface area (Å²) in [5.41, 5.74) is 2.65. The summed E-state index contributed by atoms with van der Waals surface area (Å²) in [5, 5.41) is 3.52. The summed E-state index contributed by atoms with van der Waals surface area (Å²) in [6.45, 7) is 8.31. The summed E-state index contributed by atoms with van der Waals surface area (Å²) < 4.78 is 5.12. The van der Waals surface area contributed by atoms with Gasteiger partial charge in [0.15, 0.2) is 0 Å². The molecule has 0 radical (unpaired) electrons. The first-order chi connectivity index (χ1) is 7.63. The van der Waals surface area contributed by atoms with E-state index in [1.165, 1.54) is 11.1 Å². The van der Waals surface area contributed by atoms with Gasteiger partial charge in [-0.15, -0.1) is 0 Å². The molecule has 16 heavy (non-hydrogen) atoms. The molecule has 2 heteroatoms. The van der Waals surface area contributed by atoms with Crippen LogP contribution in [-0.2, 0) is 4.74 Å². The third kappa shape index (κ3) is 4.33. The van der Waals surface area contributed by atoms with Gasteiger partial charge in [0.05, 0.1) is 0 Å². The van der Waals surface area contributed by atoms with Crippen LogP contribution >= 0.6 is 0 Å². The Hall–Kier alpha value is -0.860. The van der Waals surface area contributed by atoms with Crippen LogP contribution in [0.1, 0.15) is 31.0 Å². The predicted molar refractivity (Wildman–Crippen MR) is 68.6 cm³/mol. The van der Waals surface area contributed by atoms with Crippen molar-refractivity contribution in [1.82, 2.24) is 5.32 Å². The SMILES string of the molecule is COCC(C)CN[C@@H](C)c1ccc(C)cc1. The van der Waals surface area contributed by atoms with Gasteiger partial charge in [-0.3, -0.25) is 0 Å². The number of methoxy groups -OCH3 is 1. The lowest BCUT2D eigenvalue weighted by Gasteiger charge is -2.17. The van der Waals surface area contributed by atoms with E-state index in [4.69, 9.17) is 4.74 Å². The Morgan fingerprint density at radius 1 is 1.19 bits per heavy atom. The average Bonchev–Trinajstić information content (AvgIpc) is 2.27. The summed E-state index contributed by atoms with van der Waals surface area (Å²) in [6.07, 6.45) is 0. The van der Waals surface area contributed by atoms with Crippen molar-refractivity contribution in [1.29, 1.82) is 0 Å². The normalized spacial score (nSPS) is 14.8. The van der Waals surface area contributed by atoms with Crippen LogP contribution in [0.5, 0.6) is 0 Å². The van der Waals surface area contributed by atoms with Gasteiger partial charge in [-0.1, -0.05) is 36.8 Å². The van der Waals surface area contributed by atoms with Crippen LogP contribution in [-0.4, -0.2) is 20.3 Å². The van der Waals surface area contributed by atoms with Crippen molar-refractivity contribution in [3.8, 4) is 0 Å². The minimum absolute atomic E-state index is 0.403. The van der Waals surface area contributed by atoms with E-state index in [-0.39, 0.29) is 0 Å². The molecule has 2 nitrogen and oxygen atoms in total. The van der Waals surface area contributed by atoms with Gasteiger partial charge in [-0.05, 0) is 25.3 Å². The standard InChI is InChI=1S/C14H23NO/c1-11-5-7-14(8-6-11)13(3)15-9-12(2)10-16-4/h5-8,12-13,15H,9-10H2,1-4H3/t12?,13-/m0/s1. The maximum absolute atomic E-state index is 5.12. The van der Waals surface area contributed by atoms with E-state index in [0.29, 0.717) is 12.0 Å². The molecule has 2 atom stereocenters. The predicted octanol–water partition coefficient (Wildman–Crippen LogP) is 2.93. The van der Waals surface area contributed by atoms with Crippen molar-refractivity contribution in [3.63, 3.8) is 0 Å². The lowest BCUT2D eigenvalue weighted by Crippen LogP contribution is -2.26. The quantitative estimate of drug-likeness (QED) is 0.797. The monoisotopic (exact) mass is 221 g/mol. The highest BCUT2D eigenvalue weighted by atomic mass is 16.5. The van der Waals surface area contributed by atoms with Crippen LogP contribution in [0.25, 0.3) is 0 Å². The smallest absolute Gasteiger partial charge is 0.0499 e. The van der Waals surface area contributed by atoms with Crippen molar-refractivity contribution in [3.05, 3.63) is 35.4 Å². The van der Waals surface area contributed by atoms with Gasteiger partial charge >= 0.3 is 0 Å². The Kier molecular flexibility index (Phi) is 5.50. The van der Waals surface area contributed by atoms with E-state index in [2.05, 4.69) is 50.4 Å². The number of nitrogens with one attached hydrogen (secondary N) is 1. The molecular weight excluding hydrogens is 198 g/mol. The van der Waals surface area contributed by atoms with Crippen LogP contribution in [0.15, 0.2) is 24.3 Å². The third-order valence-corrected chi connectivity index (χ3v) is 2.80. The molecule has 90 valence electrons. The van der Waals surface area contributed by atoms with E-state index in [1.54, 1.807) is 7.11 Å². The molecule has 0 aromatic heterocycles. The number of hydrogen-bond acceptors (Lipinski definition) is 2. The van der Waals surface area contributed by atoms with Crippen LogP contribution in [0.2, 0.25) is 0 Å². The molecule has 1 N–H and O–H groups in total. The molecule has 1 aromatic rings. The van der Waals surface area contributed by atoms with E-state index >= 15 is 0 Å². The highest BCUT2D eigenvalue weighted by Crippen LogP contribution is 2.13. The topological polar surface area (TPSA) is 21.3 Å². The molecule has 0 aliphatic heterocycles. The molecule has 0 bridgehead atoms. The Balaban J connectivity index is 2.40. The van der Waals surface area contributed by atoms with Crippen LogP contribution in [0, 0.1) is 12.8 Å². The summed E-state index contributed by atoms with van der Waals surface area (Å²) in [6, 6.07) is 9.10. The molecule has 0 heterocycles. The molecule has 0 spiro atoms. The van der Waals surface area contributed by atoms with Crippen molar-refractivity contribution < 1.29 is 4.74 Å². The maximum Gasteiger partial charge on any atom is 0.0499 e. The summed E-state index contributed by atoms with van der Waals surface area (Å²) >= 11 is 0. The zero-order valence-electron chi connectivity index (χ0n) is 10.8. The fraction of sp³-hybridized carbons (Fsp3) is 0.571. The molecular formula is C14H23NO. The van der Waals surface area contributed by atoms with Gasteiger partial charge in [0.2, 0.25) is 0 Å². The van der Waals surface area contributed by atoms with Gasteiger partial charge in [0, 0.05) is 26.3 Å². The Morgan fingerprint density at radius 2 is 1.81 bits per heavy atom. The van der Waals surface area contributed by atoms with E-state index in [0.717, 1.165) is 13.2 Å².